The summed E-state index contributed by atoms with van der Waals surface area (Å²) in [5.74, 6) is -0.0209. The molecule has 4 rings (SSSR count). The summed E-state index contributed by atoms with van der Waals surface area (Å²) in [5, 5.41) is 9.08. The van der Waals surface area contributed by atoms with E-state index in [0.717, 1.165) is 17.9 Å². The first-order chi connectivity index (χ1) is 14.6. The average Bonchev–Trinajstić information content (AvgIpc) is 3.47. The van der Waals surface area contributed by atoms with Crippen LogP contribution in [0.3, 0.4) is 0 Å². The number of amides is 1. The van der Waals surface area contributed by atoms with Crippen molar-refractivity contribution in [1.29, 1.82) is 0 Å². The molecule has 0 aromatic carbocycles. The van der Waals surface area contributed by atoms with Crippen LogP contribution in [0.2, 0.25) is 0 Å². The highest BCUT2D eigenvalue weighted by molar-refractivity contribution is 7.14. The molecule has 1 N–H and O–H groups in total. The van der Waals surface area contributed by atoms with Crippen LogP contribution >= 0.6 is 11.3 Å². The second-order valence-corrected chi connectivity index (χ2v) is 7.30. The first-order valence-electron chi connectivity index (χ1n) is 9.27. The molecule has 0 saturated carbocycles. The molecule has 7 nitrogen and oxygen atoms in total. The molecule has 9 heteroatoms. The molecule has 0 spiro atoms. The minimum Gasteiger partial charge on any atom is -0.361 e. The van der Waals surface area contributed by atoms with Crippen molar-refractivity contribution >= 4 is 34.5 Å². The number of nitrogens with one attached hydrogen (secondary N) is 1. The van der Waals surface area contributed by atoms with Gasteiger partial charge < -0.3 is 9.09 Å². The van der Waals surface area contributed by atoms with Gasteiger partial charge in [0.15, 0.2) is 5.13 Å². The minimum atomic E-state index is -0.550. The third-order valence-corrected chi connectivity index (χ3v) is 5.07. The fourth-order valence-corrected chi connectivity index (χ4v) is 3.50. The maximum atomic E-state index is 13.3. The molecule has 4 aromatic heterocycles. The highest BCUT2D eigenvalue weighted by Crippen LogP contribution is 2.19. The number of aryl methyl sites for hydroxylation is 1. The van der Waals surface area contributed by atoms with E-state index in [1.165, 1.54) is 23.6 Å². The van der Waals surface area contributed by atoms with Gasteiger partial charge in [-0.2, -0.15) is 4.39 Å². The summed E-state index contributed by atoms with van der Waals surface area (Å²) in [7, 11) is 0. The van der Waals surface area contributed by atoms with Gasteiger partial charge in [0.05, 0.1) is 5.69 Å². The highest BCUT2D eigenvalue weighted by Gasteiger charge is 2.13. The molecule has 4 heterocycles. The summed E-state index contributed by atoms with van der Waals surface area (Å²) in [4.78, 5) is 20.6. The van der Waals surface area contributed by atoms with Crippen LogP contribution in [0.5, 0.6) is 0 Å². The molecular formula is C21H18FN5O2S. The topological polar surface area (TPSA) is 85.8 Å². The van der Waals surface area contributed by atoms with E-state index in [9.17, 15) is 9.18 Å². The Bertz CT molecular complexity index is 1190. The zero-order chi connectivity index (χ0) is 20.9. The standard InChI is InChI=1S/C21H18FN5O2S/c1-2-17-11-15(26-29-17)5-6-16-13-30-21(24-16)25-20(28)18-4-3-9-27(18)12-14-7-8-23-19(22)10-14/h3-11,13H,2,12H2,1H3,(H,24,25,28). The Kier molecular flexibility index (Phi) is 5.80. The number of nitrogens with zero attached hydrogens (tertiary/aromatic N) is 4. The fourth-order valence-electron chi connectivity index (χ4n) is 2.82. The van der Waals surface area contributed by atoms with Crippen molar-refractivity contribution in [2.45, 2.75) is 19.9 Å². The number of aromatic nitrogens is 4. The maximum absolute atomic E-state index is 13.3. The van der Waals surface area contributed by atoms with Gasteiger partial charge in [0, 0.05) is 36.8 Å². The van der Waals surface area contributed by atoms with Gasteiger partial charge in [-0.3, -0.25) is 10.1 Å². The predicted molar refractivity (Wildman–Crippen MR) is 113 cm³/mol. The smallest absolute Gasteiger partial charge is 0.274 e. The zero-order valence-electron chi connectivity index (χ0n) is 16.1. The van der Waals surface area contributed by atoms with Crippen LogP contribution in [0.4, 0.5) is 9.52 Å². The van der Waals surface area contributed by atoms with Crippen LogP contribution in [0, 0.1) is 5.95 Å². The Hall–Kier alpha value is -3.59. The normalized spacial score (nSPS) is 11.3. The summed E-state index contributed by atoms with van der Waals surface area (Å²) >= 11 is 1.33. The summed E-state index contributed by atoms with van der Waals surface area (Å²) in [6.45, 7) is 2.35. The van der Waals surface area contributed by atoms with E-state index in [1.807, 2.05) is 30.5 Å². The molecule has 0 bridgehead atoms. The lowest BCUT2D eigenvalue weighted by Gasteiger charge is -2.09. The number of carbonyl (C=O) groups is 1. The lowest BCUT2D eigenvalue weighted by atomic mass is 10.2. The van der Waals surface area contributed by atoms with E-state index in [1.54, 1.807) is 29.0 Å². The Morgan fingerprint density at radius 2 is 2.17 bits per heavy atom. The van der Waals surface area contributed by atoms with Gasteiger partial charge in [-0.05, 0) is 42.0 Å². The Balaban J connectivity index is 1.42. The van der Waals surface area contributed by atoms with Crippen molar-refractivity contribution in [3.8, 4) is 0 Å². The van der Waals surface area contributed by atoms with E-state index < -0.39 is 5.95 Å². The molecule has 0 atom stereocenters. The van der Waals surface area contributed by atoms with Gasteiger partial charge in [-0.15, -0.1) is 11.3 Å². The van der Waals surface area contributed by atoms with Gasteiger partial charge in [0.1, 0.15) is 17.1 Å². The SMILES string of the molecule is CCc1cc(C=Cc2csc(NC(=O)c3cccn3Cc3ccnc(F)c3)n2)no1. The Labute approximate surface area is 175 Å². The van der Waals surface area contributed by atoms with Crippen LogP contribution in [-0.2, 0) is 13.0 Å². The number of hydrogen-bond donors (Lipinski definition) is 1. The van der Waals surface area contributed by atoms with Crippen molar-refractivity contribution in [2.24, 2.45) is 0 Å². The van der Waals surface area contributed by atoms with Crippen LogP contribution in [0.25, 0.3) is 12.2 Å². The van der Waals surface area contributed by atoms with E-state index in [2.05, 4.69) is 20.4 Å². The molecule has 0 aliphatic heterocycles. The molecular weight excluding hydrogens is 405 g/mol. The fraction of sp³-hybridized carbons (Fsp3) is 0.143. The molecule has 30 heavy (non-hydrogen) atoms. The van der Waals surface area contributed by atoms with Crippen molar-refractivity contribution < 1.29 is 13.7 Å². The summed E-state index contributed by atoms with van der Waals surface area (Å²) in [6.07, 6.45) is 7.57. The van der Waals surface area contributed by atoms with Gasteiger partial charge in [-0.1, -0.05) is 12.1 Å². The van der Waals surface area contributed by atoms with E-state index in [-0.39, 0.29) is 5.91 Å². The molecule has 0 aliphatic rings. The summed E-state index contributed by atoms with van der Waals surface area (Å²) in [6, 6.07) is 8.40. The van der Waals surface area contributed by atoms with Gasteiger partial charge in [0.2, 0.25) is 5.95 Å². The highest BCUT2D eigenvalue weighted by atomic mass is 32.1. The molecule has 0 fully saturated rings. The van der Waals surface area contributed by atoms with E-state index in [0.29, 0.717) is 28.6 Å². The largest absolute Gasteiger partial charge is 0.361 e. The van der Waals surface area contributed by atoms with Crippen molar-refractivity contribution in [3.05, 3.63) is 82.5 Å². The van der Waals surface area contributed by atoms with E-state index in [4.69, 9.17) is 4.52 Å². The zero-order valence-corrected chi connectivity index (χ0v) is 16.9. The molecule has 1 amide bonds. The third kappa shape index (κ3) is 4.69. The number of anilines is 1. The van der Waals surface area contributed by atoms with Crippen LogP contribution in [-0.4, -0.2) is 25.6 Å². The first kappa shape index (κ1) is 19.7. The number of hydrogen-bond acceptors (Lipinski definition) is 6. The van der Waals surface area contributed by atoms with Crippen LogP contribution < -0.4 is 5.32 Å². The quantitative estimate of drug-likeness (QED) is 0.442. The molecule has 4 aromatic rings. The van der Waals surface area contributed by atoms with Gasteiger partial charge >= 0.3 is 0 Å². The number of rotatable bonds is 7. The second kappa shape index (κ2) is 8.83. The molecule has 0 radical (unpaired) electrons. The van der Waals surface area contributed by atoms with Gasteiger partial charge in [-0.25, -0.2) is 9.97 Å². The van der Waals surface area contributed by atoms with E-state index >= 15 is 0 Å². The Morgan fingerprint density at radius 1 is 1.30 bits per heavy atom. The minimum absolute atomic E-state index is 0.288. The van der Waals surface area contributed by atoms with Crippen molar-refractivity contribution in [3.63, 3.8) is 0 Å². The van der Waals surface area contributed by atoms with Crippen LogP contribution in [0.15, 0.2) is 52.6 Å². The van der Waals surface area contributed by atoms with Crippen LogP contribution in [0.1, 0.15) is 40.1 Å². The molecule has 0 aliphatic carbocycles. The monoisotopic (exact) mass is 423 g/mol. The maximum Gasteiger partial charge on any atom is 0.274 e. The average molecular weight is 423 g/mol. The van der Waals surface area contributed by atoms with Gasteiger partial charge in [0.25, 0.3) is 5.91 Å². The second-order valence-electron chi connectivity index (χ2n) is 6.44. The number of carbonyl (C=O) groups excluding carboxylic acids is 1. The number of pyridine rings is 1. The number of halogens is 1. The molecule has 0 unspecified atom stereocenters. The summed E-state index contributed by atoms with van der Waals surface area (Å²) in [5.41, 5.74) is 2.59. The number of thiazole rings is 1. The lowest BCUT2D eigenvalue weighted by molar-refractivity contribution is 0.101. The first-order valence-corrected chi connectivity index (χ1v) is 10.1. The molecule has 152 valence electrons. The van der Waals surface area contributed by atoms with Crippen molar-refractivity contribution in [2.75, 3.05) is 5.32 Å². The summed E-state index contributed by atoms with van der Waals surface area (Å²) < 4.78 is 20.2. The third-order valence-electron chi connectivity index (χ3n) is 4.30. The van der Waals surface area contributed by atoms with Crippen molar-refractivity contribution in [1.82, 2.24) is 19.7 Å². The molecule has 0 saturated heterocycles. The predicted octanol–water partition coefficient (Wildman–Crippen LogP) is 4.50. The Morgan fingerprint density at radius 3 is 2.97 bits per heavy atom. The lowest BCUT2D eigenvalue weighted by Crippen LogP contribution is -2.17.